The van der Waals surface area contributed by atoms with Crippen LogP contribution >= 0.6 is 0 Å². The van der Waals surface area contributed by atoms with Crippen molar-refractivity contribution in [1.29, 1.82) is 0 Å². The molecule has 0 fully saturated rings. The van der Waals surface area contributed by atoms with E-state index in [0.29, 0.717) is 5.57 Å². The first-order chi connectivity index (χ1) is 5.88. The predicted octanol–water partition coefficient (Wildman–Crippen LogP) is 1.60. The summed E-state index contributed by atoms with van der Waals surface area (Å²) in [6.07, 6.45) is 0.939. The number of halogens is 1. The topological polar surface area (TPSA) is 43.1 Å². The Kier molecular flexibility index (Phi) is 2.57. The minimum absolute atomic E-state index is 0.00579. The highest BCUT2D eigenvalue weighted by Crippen LogP contribution is 2.34. The molecule has 0 bridgehead atoms. The van der Waals surface area contributed by atoms with Crippen molar-refractivity contribution < 1.29 is 9.18 Å². The molecule has 0 heterocycles. The van der Waals surface area contributed by atoms with Gasteiger partial charge < -0.3 is 5.73 Å². The Hall–Kier alpha value is -0.700. The van der Waals surface area contributed by atoms with Gasteiger partial charge in [-0.1, -0.05) is 6.08 Å². The molecular formula is C10H16FNO. The molecule has 2 nitrogen and oxygen atoms in total. The Morgan fingerprint density at radius 3 is 2.77 bits per heavy atom. The van der Waals surface area contributed by atoms with Crippen LogP contribution in [0.25, 0.3) is 0 Å². The number of nitrogens with two attached hydrogens (primary N) is 1. The first kappa shape index (κ1) is 10.4. The summed E-state index contributed by atoms with van der Waals surface area (Å²) in [5, 5.41) is 0. The van der Waals surface area contributed by atoms with E-state index >= 15 is 0 Å². The van der Waals surface area contributed by atoms with Crippen molar-refractivity contribution in [3.8, 4) is 0 Å². The zero-order chi connectivity index (χ0) is 10.2. The highest BCUT2D eigenvalue weighted by molar-refractivity contribution is 5.85. The van der Waals surface area contributed by atoms with E-state index in [1.807, 2.05) is 0 Å². The van der Waals surface area contributed by atoms with Crippen LogP contribution in [-0.4, -0.2) is 18.0 Å². The number of Topliss-reactive ketones (excluding diaryl/α,β-unsaturated/α-hetero) is 1. The third-order valence-corrected chi connectivity index (χ3v) is 3.01. The van der Waals surface area contributed by atoms with Gasteiger partial charge in [-0.05, 0) is 32.8 Å². The zero-order valence-electron chi connectivity index (χ0n) is 8.30. The summed E-state index contributed by atoms with van der Waals surface area (Å²) in [7, 11) is 0. The van der Waals surface area contributed by atoms with Crippen LogP contribution < -0.4 is 5.73 Å². The Bertz CT molecular complexity index is 262. The molecule has 0 saturated carbocycles. The van der Waals surface area contributed by atoms with Crippen LogP contribution in [0.5, 0.6) is 0 Å². The quantitative estimate of drug-likeness (QED) is 0.630. The van der Waals surface area contributed by atoms with Crippen molar-refractivity contribution in [1.82, 2.24) is 0 Å². The maximum Gasteiger partial charge on any atom is 0.141 e. The van der Waals surface area contributed by atoms with Crippen LogP contribution in [-0.2, 0) is 4.79 Å². The second kappa shape index (κ2) is 3.22. The number of carbonyl (C=O) groups is 1. The largest absolute Gasteiger partial charge is 0.326 e. The molecule has 3 heteroatoms. The third-order valence-electron chi connectivity index (χ3n) is 3.01. The smallest absolute Gasteiger partial charge is 0.141 e. The number of rotatable bonds is 1. The Labute approximate surface area is 78.0 Å². The van der Waals surface area contributed by atoms with Gasteiger partial charge in [0.1, 0.15) is 12.0 Å². The molecule has 13 heavy (non-hydrogen) atoms. The van der Waals surface area contributed by atoms with Gasteiger partial charge in [-0.15, -0.1) is 0 Å². The molecule has 0 aromatic carbocycles. The number of allylic oxidation sites excluding steroid dienone is 1. The molecule has 1 aliphatic rings. The maximum atomic E-state index is 13.2. The number of hydrogen-bond donors (Lipinski definition) is 1. The number of carbonyl (C=O) groups excluding carboxylic acids is 1. The van der Waals surface area contributed by atoms with E-state index in [1.165, 1.54) is 6.92 Å². The predicted molar refractivity (Wildman–Crippen MR) is 50.0 cm³/mol. The van der Waals surface area contributed by atoms with Crippen LogP contribution in [0.15, 0.2) is 11.6 Å². The van der Waals surface area contributed by atoms with Gasteiger partial charge in [-0.25, -0.2) is 4.39 Å². The molecule has 1 rings (SSSR count). The van der Waals surface area contributed by atoms with Crippen LogP contribution in [0.1, 0.15) is 27.2 Å². The molecule has 3 atom stereocenters. The van der Waals surface area contributed by atoms with E-state index in [4.69, 9.17) is 5.73 Å². The van der Waals surface area contributed by atoms with Gasteiger partial charge >= 0.3 is 0 Å². The Morgan fingerprint density at radius 1 is 1.77 bits per heavy atom. The molecule has 3 unspecified atom stereocenters. The lowest BCUT2D eigenvalue weighted by Gasteiger charge is -2.36. The highest BCUT2D eigenvalue weighted by Gasteiger charge is 2.39. The van der Waals surface area contributed by atoms with Crippen LogP contribution in [0.4, 0.5) is 4.39 Å². The number of hydrogen-bond acceptors (Lipinski definition) is 2. The second-order valence-electron chi connectivity index (χ2n) is 4.04. The van der Waals surface area contributed by atoms with Gasteiger partial charge in [0.25, 0.3) is 0 Å². The summed E-state index contributed by atoms with van der Waals surface area (Å²) >= 11 is 0. The van der Waals surface area contributed by atoms with Gasteiger partial charge in [-0.3, -0.25) is 4.79 Å². The molecule has 0 aromatic heterocycles. The summed E-state index contributed by atoms with van der Waals surface area (Å²) in [5.41, 5.74) is 5.71. The van der Waals surface area contributed by atoms with Crippen molar-refractivity contribution >= 4 is 5.78 Å². The van der Waals surface area contributed by atoms with E-state index in [2.05, 4.69) is 0 Å². The van der Waals surface area contributed by atoms with Crippen molar-refractivity contribution in [2.75, 3.05) is 0 Å². The molecule has 0 saturated heterocycles. The Balaban J connectivity index is 3.05. The minimum Gasteiger partial charge on any atom is -0.326 e. The summed E-state index contributed by atoms with van der Waals surface area (Å²) in [4.78, 5) is 11.3. The fourth-order valence-electron chi connectivity index (χ4n) is 1.69. The molecule has 0 aliphatic heterocycles. The van der Waals surface area contributed by atoms with E-state index in [9.17, 15) is 9.18 Å². The van der Waals surface area contributed by atoms with E-state index in [-0.39, 0.29) is 12.2 Å². The second-order valence-corrected chi connectivity index (χ2v) is 4.04. The van der Waals surface area contributed by atoms with Crippen molar-refractivity contribution in [2.45, 2.75) is 39.4 Å². The maximum absolute atomic E-state index is 13.2. The average molecular weight is 185 g/mol. The van der Waals surface area contributed by atoms with E-state index in [0.717, 1.165) is 0 Å². The fourth-order valence-corrected chi connectivity index (χ4v) is 1.69. The fraction of sp³-hybridized carbons (Fsp3) is 0.700. The normalized spacial score (nSPS) is 39.9. The standard InChI is InChI=1S/C10H16FNO/c1-6-5-10(3,7(2)13)9(12)4-8(6)11/h5,8-9H,4,12H2,1-3H3. The van der Waals surface area contributed by atoms with Crippen molar-refractivity contribution in [2.24, 2.45) is 11.1 Å². The Morgan fingerprint density at radius 2 is 2.31 bits per heavy atom. The summed E-state index contributed by atoms with van der Waals surface area (Å²) < 4.78 is 13.2. The first-order valence-electron chi connectivity index (χ1n) is 4.48. The highest BCUT2D eigenvalue weighted by atomic mass is 19.1. The lowest BCUT2D eigenvalue weighted by molar-refractivity contribution is -0.124. The molecule has 0 aromatic rings. The zero-order valence-corrected chi connectivity index (χ0v) is 8.30. The monoisotopic (exact) mass is 185 g/mol. The van der Waals surface area contributed by atoms with Gasteiger partial charge in [0.15, 0.2) is 0 Å². The third kappa shape index (κ3) is 1.66. The van der Waals surface area contributed by atoms with Crippen LogP contribution in [0.3, 0.4) is 0 Å². The van der Waals surface area contributed by atoms with Crippen LogP contribution in [0, 0.1) is 5.41 Å². The molecule has 74 valence electrons. The minimum atomic E-state index is -0.984. The first-order valence-corrected chi connectivity index (χ1v) is 4.48. The SMILES string of the molecule is CC(=O)C1(C)C=C(C)C(F)CC1N. The van der Waals surface area contributed by atoms with E-state index in [1.54, 1.807) is 19.9 Å². The number of alkyl halides is 1. The molecule has 0 spiro atoms. The summed E-state index contributed by atoms with van der Waals surface area (Å²) in [6.45, 7) is 4.98. The van der Waals surface area contributed by atoms with Crippen molar-refractivity contribution in [3.63, 3.8) is 0 Å². The average Bonchev–Trinajstić information content (AvgIpc) is 2.01. The van der Waals surface area contributed by atoms with Gasteiger partial charge in [0.05, 0.1) is 5.41 Å². The lowest BCUT2D eigenvalue weighted by atomic mass is 9.71. The van der Waals surface area contributed by atoms with Crippen molar-refractivity contribution in [3.05, 3.63) is 11.6 Å². The summed E-state index contributed by atoms with van der Waals surface area (Å²) in [6, 6.07) is -0.399. The van der Waals surface area contributed by atoms with Crippen LogP contribution in [0.2, 0.25) is 0 Å². The lowest BCUT2D eigenvalue weighted by Crippen LogP contribution is -2.47. The molecule has 2 N–H and O–H groups in total. The number of ketones is 1. The molecule has 1 aliphatic carbocycles. The molecule has 0 radical (unpaired) electrons. The summed E-state index contributed by atoms with van der Waals surface area (Å²) in [5.74, 6) is 0.00579. The van der Waals surface area contributed by atoms with Gasteiger partial charge in [0, 0.05) is 6.04 Å². The van der Waals surface area contributed by atoms with Gasteiger partial charge in [0.2, 0.25) is 0 Å². The molecular weight excluding hydrogens is 169 g/mol. The molecule has 0 amide bonds. The van der Waals surface area contributed by atoms with Gasteiger partial charge in [-0.2, -0.15) is 0 Å². The van der Waals surface area contributed by atoms with E-state index < -0.39 is 17.6 Å².